The highest BCUT2D eigenvalue weighted by Gasteiger charge is 2.56. The SMILES string of the molecule is NCCC(O)C(=O)NC1CC(N)C(C2OC(CN)C(O)C(O)C2NCC2CC(N)C2)C(O)C1OC1OC(CO)C(O)C(N)C1O. The summed E-state index contributed by atoms with van der Waals surface area (Å²) in [5.41, 5.74) is 29.9. The van der Waals surface area contributed by atoms with Crippen molar-refractivity contribution in [1.29, 1.82) is 0 Å². The summed E-state index contributed by atoms with van der Waals surface area (Å²) in [5.74, 6) is -1.54. The zero-order chi connectivity index (χ0) is 33.2. The van der Waals surface area contributed by atoms with Crippen LogP contribution in [0.4, 0.5) is 0 Å². The first kappa shape index (κ1) is 36.7. The maximum absolute atomic E-state index is 12.8. The molecule has 2 aliphatic heterocycles. The fraction of sp³-hybridized carbons (Fsp3) is 0.963. The van der Waals surface area contributed by atoms with Crippen molar-refractivity contribution in [3.63, 3.8) is 0 Å². The summed E-state index contributed by atoms with van der Waals surface area (Å²) in [6.45, 7) is -0.302. The Morgan fingerprint density at radius 1 is 0.911 bits per heavy atom. The van der Waals surface area contributed by atoms with Crippen LogP contribution in [0.3, 0.4) is 0 Å². The Morgan fingerprint density at radius 2 is 1.60 bits per heavy atom. The molecule has 45 heavy (non-hydrogen) atoms. The normalized spacial score (nSPS) is 48.0. The van der Waals surface area contributed by atoms with Crippen LogP contribution in [0.5, 0.6) is 0 Å². The predicted octanol–water partition coefficient (Wildman–Crippen LogP) is -7.82. The van der Waals surface area contributed by atoms with E-state index >= 15 is 0 Å². The molecule has 2 heterocycles. The van der Waals surface area contributed by atoms with Gasteiger partial charge in [0.2, 0.25) is 5.91 Å². The van der Waals surface area contributed by atoms with Crippen LogP contribution in [0.25, 0.3) is 0 Å². The second kappa shape index (κ2) is 15.8. The highest BCUT2D eigenvalue weighted by molar-refractivity contribution is 5.80. The third kappa shape index (κ3) is 7.94. The van der Waals surface area contributed by atoms with Gasteiger partial charge >= 0.3 is 0 Å². The summed E-state index contributed by atoms with van der Waals surface area (Å²) in [6.07, 6.45) is -13.3. The molecular formula is C27H53N7O11. The van der Waals surface area contributed by atoms with Crippen molar-refractivity contribution in [2.75, 3.05) is 26.2 Å². The summed E-state index contributed by atoms with van der Waals surface area (Å²) < 4.78 is 17.9. The molecule has 2 saturated carbocycles. The van der Waals surface area contributed by atoms with E-state index in [1.165, 1.54) is 0 Å². The minimum atomic E-state index is -1.60. The number of rotatable bonds is 12. The topological polar surface area (TPSA) is 341 Å². The third-order valence-corrected chi connectivity index (χ3v) is 9.76. The molecule has 2 aliphatic carbocycles. The van der Waals surface area contributed by atoms with Gasteiger partial charge < -0.3 is 89.3 Å². The van der Waals surface area contributed by atoms with E-state index in [4.69, 9.17) is 42.9 Å². The molecule has 0 radical (unpaired) electrons. The maximum Gasteiger partial charge on any atom is 0.249 e. The van der Waals surface area contributed by atoms with E-state index in [1.807, 2.05) is 0 Å². The molecule has 4 rings (SSSR count). The van der Waals surface area contributed by atoms with Crippen LogP contribution < -0.4 is 39.3 Å². The molecule has 4 aliphatic rings. The maximum atomic E-state index is 12.8. The molecule has 0 spiro atoms. The third-order valence-electron chi connectivity index (χ3n) is 9.76. The quantitative estimate of drug-likeness (QED) is 0.0931. The van der Waals surface area contributed by atoms with E-state index in [2.05, 4.69) is 10.6 Å². The van der Waals surface area contributed by atoms with Crippen molar-refractivity contribution in [2.45, 2.75) is 123 Å². The first-order chi connectivity index (χ1) is 21.3. The number of aliphatic hydroxyl groups excluding tert-OH is 7. The summed E-state index contributed by atoms with van der Waals surface area (Å²) in [4.78, 5) is 12.8. The molecule has 4 fully saturated rings. The van der Waals surface area contributed by atoms with Gasteiger partial charge in [-0.25, -0.2) is 0 Å². The molecule has 18 heteroatoms. The Morgan fingerprint density at radius 3 is 2.20 bits per heavy atom. The van der Waals surface area contributed by atoms with E-state index in [1.54, 1.807) is 0 Å². The molecule has 1 amide bonds. The smallest absolute Gasteiger partial charge is 0.249 e. The molecule has 18 nitrogen and oxygen atoms in total. The lowest BCUT2D eigenvalue weighted by molar-refractivity contribution is -0.307. The van der Waals surface area contributed by atoms with Gasteiger partial charge in [-0.3, -0.25) is 4.79 Å². The summed E-state index contributed by atoms with van der Waals surface area (Å²) in [5, 5.41) is 80.8. The van der Waals surface area contributed by atoms with Crippen LogP contribution in [0.1, 0.15) is 25.7 Å². The molecular weight excluding hydrogens is 598 g/mol. The first-order valence-electron chi connectivity index (χ1n) is 15.7. The average Bonchev–Trinajstić information content (AvgIpc) is 2.99. The van der Waals surface area contributed by atoms with Crippen molar-refractivity contribution in [1.82, 2.24) is 10.6 Å². The number of carbonyl (C=O) groups is 1. The minimum absolute atomic E-state index is 0.0234. The Labute approximate surface area is 261 Å². The van der Waals surface area contributed by atoms with Gasteiger partial charge in [0.15, 0.2) is 6.29 Å². The number of hydrogen-bond acceptors (Lipinski definition) is 17. The molecule has 16 unspecified atom stereocenters. The van der Waals surface area contributed by atoms with Gasteiger partial charge in [-0.1, -0.05) is 0 Å². The van der Waals surface area contributed by atoms with E-state index in [-0.39, 0.29) is 37.9 Å². The fourth-order valence-electron chi connectivity index (χ4n) is 7.01. The lowest BCUT2D eigenvalue weighted by Gasteiger charge is -2.53. The number of ether oxygens (including phenoxy) is 3. The van der Waals surface area contributed by atoms with Crippen LogP contribution in [-0.4, -0.2) is 165 Å². The zero-order valence-corrected chi connectivity index (χ0v) is 25.2. The molecule has 0 aromatic heterocycles. The van der Waals surface area contributed by atoms with Crippen molar-refractivity contribution in [3.05, 3.63) is 0 Å². The fourth-order valence-corrected chi connectivity index (χ4v) is 7.01. The van der Waals surface area contributed by atoms with Gasteiger partial charge in [-0.15, -0.1) is 0 Å². The van der Waals surface area contributed by atoms with Crippen molar-refractivity contribution in [3.8, 4) is 0 Å². The second-order valence-corrected chi connectivity index (χ2v) is 12.9. The van der Waals surface area contributed by atoms with Crippen LogP contribution in [0.15, 0.2) is 0 Å². The van der Waals surface area contributed by atoms with Crippen molar-refractivity contribution >= 4 is 5.91 Å². The monoisotopic (exact) mass is 651 g/mol. The number of nitrogens with two attached hydrogens (primary N) is 5. The summed E-state index contributed by atoms with van der Waals surface area (Å²) in [7, 11) is 0. The molecule has 2 saturated heterocycles. The summed E-state index contributed by atoms with van der Waals surface area (Å²) in [6, 6.07) is -4.01. The molecule has 19 N–H and O–H groups in total. The van der Waals surface area contributed by atoms with Gasteiger partial charge in [0.25, 0.3) is 0 Å². The molecule has 0 aromatic carbocycles. The van der Waals surface area contributed by atoms with Crippen LogP contribution in [0.2, 0.25) is 0 Å². The van der Waals surface area contributed by atoms with E-state index in [9.17, 15) is 40.5 Å². The Balaban J connectivity index is 1.63. The van der Waals surface area contributed by atoms with Crippen molar-refractivity contribution < 1.29 is 54.8 Å². The number of amides is 1. The Bertz CT molecular complexity index is 953. The molecule has 262 valence electrons. The minimum Gasteiger partial charge on any atom is -0.394 e. The van der Waals surface area contributed by atoms with Crippen LogP contribution in [0, 0.1) is 11.8 Å². The average molecular weight is 652 g/mol. The number of aliphatic hydroxyl groups is 7. The lowest BCUT2D eigenvalue weighted by atomic mass is 9.71. The van der Waals surface area contributed by atoms with Gasteiger partial charge in [0, 0.05) is 24.5 Å². The largest absolute Gasteiger partial charge is 0.394 e. The Hall–Kier alpha value is -1.17. The molecule has 16 atom stereocenters. The van der Waals surface area contributed by atoms with Gasteiger partial charge in [0.05, 0.1) is 43.0 Å². The van der Waals surface area contributed by atoms with E-state index in [0.717, 1.165) is 12.8 Å². The number of carbonyl (C=O) groups excluding carboxylic acids is 1. The first-order valence-corrected chi connectivity index (χ1v) is 15.7. The zero-order valence-electron chi connectivity index (χ0n) is 25.2. The van der Waals surface area contributed by atoms with Gasteiger partial charge in [-0.05, 0) is 44.7 Å². The van der Waals surface area contributed by atoms with E-state index in [0.29, 0.717) is 6.54 Å². The molecule has 0 aromatic rings. The Kier molecular flexibility index (Phi) is 12.9. The van der Waals surface area contributed by atoms with Gasteiger partial charge in [0.1, 0.15) is 42.7 Å². The standard InChI is InChI=1S/C27H53N7O11/c28-2-1-13(36)26(42)34-12-5-11(31)16(21(39)24(12)45-27-22(40)17(32)19(37)15(8-35)44-27)25-18(33-7-9-3-10(30)4-9)23(41)20(38)14(6-29)43-25/h9-25,27,33,35-41H,1-8,28-32H2,(H,34,42). The highest BCUT2D eigenvalue weighted by Crippen LogP contribution is 2.38. The number of hydrogen-bond donors (Lipinski definition) is 14. The molecule has 0 bridgehead atoms. The van der Waals surface area contributed by atoms with Crippen LogP contribution >= 0.6 is 0 Å². The highest BCUT2D eigenvalue weighted by atomic mass is 16.7. The van der Waals surface area contributed by atoms with Crippen molar-refractivity contribution in [2.24, 2.45) is 40.5 Å². The lowest BCUT2D eigenvalue weighted by Crippen LogP contribution is -2.72. The van der Waals surface area contributed by atoms with E-state index < -0.39 is 110 Å². The predicted molar refractivity (Wildman–Crippen MR) is 157 cm³/mol. The second-order valence-electron chi connectivity index (χ2n) is 12.9. The van der Waals surface area contributed by atoms with Gasteiger partial charge in [-0.2, -0.15) is 0 Å². The summed E-state index contributed by atoms with van der Waals surface area (Å²) >= 11 is 0. The van der Waals surface area contributed by atoms with Crippen LogP contribution in [-0.2, 0) is 19.0 Å². The number of nitrogens with one attached hydrogen (secondary N) is 2.